The summed E-state index contributed by atoms with van der Waals surface area (Å²) in [7, 11) is 0. The van der Waals surface area contributed by atoms with Crippen LogP contribution in [0.1, 0.15) is 51.0 Å². The fourth-order valence-electron chi connectivity index (χ4n) is 3.94. The largest absolute Gasteiger partial charge is 0.489 e. The van der Waals surface area contributed by atoms with Gasteiger partial charge in [0.2, 0.25) is 11.7 Å². The summed E-state index contributed by atoms with van der Waals surface area (Å²) in [5, 5.41) is 3.07. The van der Waals surface area contributed by atoms with Crippen molar-refractivity contribution >= 4 is 11.7 Å². The maximum absolute atomic E-state index is 14.7. The Morgan fingerprint density at radius 1 is 1.24 bits per heavy atom. The number of alkyl halides is 2. The Bertz CT molecular complexity index is 996. The van der Waals surface area contributed by atoms with E-state index in [0.29, 0.717) is 38.2 Å². The van der Waals surface area contributed by atoms with Gasteiger partial charge in [0.15, 0.2) is 12.4 Å². The lowest BCUT2D eigenvalue weighted by molar-refractivity contribution is -0.123. The highest BCUT2D eigenvalue weighted by molar-refractivity contribution is 5.83. The number of benzene rings is 1. The van der Waals surface area contributed by atoms with Crippen LogP contribution < -0.4 is 19.7 Å². The Hall–Kier alpha value is -3.04. The van der Waals surface area contributed by atoms with Gasteiger partial charge in [0.05, 0.1) is 12.5 Å². The third-order valence-electron chi connectivity index (χ3n) is 6.17. The van der Waals surface area contributed by atoms with E-state index in [2.05, 4.69) is 15.3 Å². The van der Waals surface area contributed by atoms with Crippen LogP contribution in [0.15, 0.2) is 30.6 Å². The summed E-state index contributed by atoms with van der Waals surface area (Å²) in [6.45, 7) is 2.46. The molecule has 0 radical (unpaired) electrons. The number of hydrogen-bond donors (Lipinski definition) is 1. The lowest BCUT2D eigenvalue weighted by atomic mass is 9.91. The van der Waals surface area contributed by atoms with Gasteiger partial charge in [0.1, 0.15) is 18.2 Å². The maximum atomic E-state index is 14.7. The number of amides is 1. The van der Waals surface area contributed by atoms with Gasteiger partial charge in [-0.1, -0.05) is 12.1 Å². The van der Waals surface area contributed by atoms with Crippen molar-refractivity contribution in [2.45, 2.75) is 63.5 Å². The second-order valence-electron chi connectivity index (χ2n) is 9.08. The Kier molecular flexibility index (Phi) is 7.13. The molecule has 2 aromatic rings. The van der Waals surface area contributed by atoms with Gasteiger partial charge in [-0.2, -0.15) is 9.37 Å². The fraction of sp³-hybridized carbons (Fsp3) is 0.542. The van der Waals surface area contributed by atoms with Gasteiger partial charge in [-0.15, -0.1) is 0 Å². The Morgan fingerprint density at radius 3 is 2.62 bits per heavy atom. The van der Waals surface area contributed by atoms with E-state index < -0.39 is 24.2 Å². The second kappa shape index (κ2) is 10.1. The first kappa shape index (κ1) is 24.1. The highest BCUT2D eigenvalue weighted by Crippen LogP contribution is 2.29. The number of nitrogens with one attached hydrogen (secondary N) is 1. The van der Waals surface area contributed by atoms with Gasteiger partial charge >= 0.3 is 0 Å². The van der Waals surface area contributed by atoms with Crippen molar-refractivity contribution in [2.24, 2.45) is 0 Å². The van der Waals surface area contributed by atoms with Crippen molar-refractivity contribution in [1.29, 1.82) is 0 Å². The van der Waals surface area contributed by atoms with Gasteiger partial charge in [-0.25, -0.2) is 13.8 Å². The normalized spacial score (nSPS) is 19.4. The first-order chi connectivity index (χ1) is 16.2. The molecule has 10 heteroatoms. The Labute approximate surface area is 196 Å². The smallest absolute Gasteiger partial charge is 0.278 e. The molecule has 4 rings (SSSR count). The van der Waals surface area contributed by atoms with Crippen LogP contribution in [0, 0.1) is 5.82 Å². The summed E-state index contributed by atoms with van der Waals surface area (Å²) in [4.78, 5) is 21.7. The molecule has 2 fully saturated rings. The van der Waals surface area contributed by atoms with E-state index in [1.807, 2.05) is 31.2 Å². The number of carbonyl (C=O) groups is 1. The van der Waals surface area contributed by atoms with Crippen LogP contribution in [0.2, 0.25) is 0 Å². The van der Waals surface area contributed by atoms with Gasteiger partial charge < -0.3 is 19.7 Å². The summed E-state index contributed by atoms with van der Waals surface area (Å²) in [5.41, 5.74) is 0.908. The standard InChI is InChI=1S/C24H29F3N4O3/c1-15(22(32)30-17-4-3-5-17)16-6-8-18(9-7-16)34-19-10-11-31(12-19)21-20(25)23(29-14-28-21)33-13-24(2,26)27/h6-9,14-15,17,19H,3-5,10-13H2,1-2H3,(H,30,32). The number of ether oxygens (including phenoxy) is 2. The minimum absolute atomic E-state index is 0.00262. The molecule has 0 spiro atoms. The minimum atomic E-state index is -3.10. The van der Waals surface area contributed by atoms with E-state index >= 15 is 0 Å². The zero-order valence-corrected chi connectivity index (χ0v) is 19.3. The predicted molar refractivity (Wildman–Crippen MR) is 120 cm³/mol. The number of nitrogens with zero attached hydrogens (tertiary/aromatic N) is 3. The average molecular weight is 479 g/mol. The van der Waals surface area contributed by atoms with Crippen LogP contribution in [0.3, 0.4) is 0 Å². The lowest BCUT2D eigenvalue weighted by Crippen LogP contribution is -2.41. The molecule has 2 atom stereocenters. The molecular weight excluding hydrogens is 449 g/mol. The monoisotopic (exact) mass is 478 g/mol. The quantitative estimate of drug-likeness (QED) is 0.585. The Balaban J connectivity index is 1.32. The van der Waals surface area contributed by atoms with Crippen molar-refractivity contribution in [3.63, 3.8) is 0 Å². The average Bonchev–Trinajstić information content (AvgIpc) is 3.23. The summed E-state index contributed by atoms with van der Waals surface area (Å²) < 4.78 is 51.7. The number of aromatic nitrogens is 2. The third kappa shape index (κ3) is 5.90. The topological polar surface area (TPSA) is 76.6 Å². The van der Waals surface area contributed by atoms with Crippen molar-refractivity contribution < 1.29 is 27.4 Å². The lowest BCUT2D eigenvalue weighted by Gasteiger charge is -2.28. The van der Waals surface area contributed by atoms with E-state index in [9.17, 15) is 18.0 Å². The van der Waals surface area contributed by atoms with Gasteiger partial charge in [-0.05, 0) is 43.9 Å². The van der Waals surface area contributed by atoms with Gasteiger partial charge in [0, 0.05) is 25.9 Å². The van der Waals surface area contributed by atoms with Crippen LogP contribution in [0.5, 0.6) is 11.6 Å². The number of carbonyl (C=O) groups excluding carboxylic acids is 1. The van der Waals surface area contributed by atoms with Crippen molar-refractivity contribution in [1.82, 2.24) is 15.3 Å². The molecule has 1 aliphatic carbocycles. The molecule has 1 saturated heterocycles. The van der Waals surface area contributed by atoms with Gasteiger partial charge in [0.25, 0.3) is 11.8 Å². The molecule has 34 heavy (non-hydrogen) atoms. The van der Waals surface area contributed by atoms with Crippen molar-refractivity contribution in [3.05, 3.63) is 42.0 Å². The molecule has 1 saturated carbocycles. The number of hydrogen-bond acceptors (Lipinski definition) is 6. The molecular formula is C24H29F3N4O3. The highest BCUT2D eigenvalue weighted by atomic mass is 19.3. The van der Waals surface area contributed by atoms with Crippen LogP contribution in [0.4, 0.5) is 19.0 Å². The molecule has 1 N–H and O–H groups in total. The first-order valence-electron chi connectivity index (χ1n) is 11.5. The van der Waals surface area contributed by atoms with Crippen molar-refractivity contribution in [3.8, 4) is 11.6 Å². The second-order valence-corrected chi connectivity index (χ2v) is 9.08. The van der Waals surface area contributed by atoms with E-state index in [-0.39, 0.29) is 23.7 Å². The molecule has 1 aromatic carbocycles. The minimum Gasteiger partial charge on any atom is -0.489 e. The number of halogens is 3. The highest BCUT2D eigenvalue weighted by Gasteiger charge is 2.30. The molecule has 1 aliphatic heterocycles. The van der Waals surface area contributed by atoms with Crippen LogP contribution in [-0.4, -0.2) is 53.6 Å². The Morgan fingerprint density at radius 2 is 1.97 bits per heavy atom. The van der Waals surface area contributed by atoms with E-state index in [1.165, 1.54) is 6.42 Å². The van der Waals surface area contributed by atoms with Crippen LogP contribution >= 0.6 is 0 Å². The zero-order valence-electron chi connectivity index (χ0n) is 19.3. The zero-order chi connectivity index (χ0) is 24.3. The van der Waals surface area contributed by atoms with Crippen LogP contribution in [0.25, 0.3) is 0 Å². The number of rotatable bonds is 9. The number of anilines is 1. The maximum Gasteiger partial charge on any atom is 0.278 e. The summed E-state index contributed by atoms with van der Waals surface area (Å²) in [6, 6.07) is 7.72. The summed E-state index contributed by atoms with van der Waals surface area (Å²) in [6.07, 6.45) is 4.78. The molecule has 1 amide bonds. The van der Waals surface area contributed by atoms with E-state index in [1.54, 1.807) is 4.90 Å². The molecule has 0 bridgehead atoms. The van der Waals surface area contributed by atoms with E-state index in [0.717, 1.165) is 24.7 Å². The first-order valence-corrected chi connectivity index (χ1v) is 11.5. The molecule has 2 aliphatic rings. The molecule has 2 unspecified atom stereocenters. The molecule has 1 aromatic heterocycles. The van der Waals surface area contributed by atoms with E-state index in [4.69, 9.17) is 9.47 Å². The summed E-state index contributed by atoms with van der Waals surface area (Å²) >= 11 is 0. The third-order valence-corrected chi connectivity index (χ3v) is 6.17. The summed E-state index contributed by atoms with van der Waals surface area (Å²) in [5.74, 6) is -4.04. The van der Waals surface area contributed by atoms with Crippen molar-refractivity contribution in [2.75, 3.05) is 24.6 Å². The molecule has 2 heterocycles. The fourth-order valence-corrected chi connectivity index (χ4v) is 3.94. The molecule has 7 nitrogen and oxygen atoms in total. The molecule has 184 valence electrons. The van der Waals surface area contributed by atoms with Crippen LogP contribution in [-0.2, 0) is 4.79 Å². The van der Waals surface area contributed by atoms with Gasteiger partial charge in [-0.3, -0.25) is 4.79 Å². The predicted octanol–water partition coefficient (Wildman–Crippen LogP) is 4.08. The SMILES string of the molecule is CC(C(=O)NC1CCC1)c1ccc(OC2CCN(c3ncnc(OCC(C)(F)F)c3F)C2)cc1.